The minimum atomic E-state index is -0.247. The number of phenols is 1. The smallest absolute Gasteiger partial charge is 0.226 e. The normalized spacial score (nSPS) is 29.9. The highest BCUT2D eigenvalue weighted by Gasteiger charge is 2.58. The topological polar surface area (TPSA) is 79.3 Å². The van der Waals surface area contributed by atoms with Crippen LogP contribution < -0.4 is 5.32 Å². The minimum absolute atomic E-state index is 0.00720. The summed E-state index contributed by atoms with van der Waals surface area (Å²) < 4.78 is 0. The zero-order valence-electron chi connectivity index (χ0n) is 20.2. The van der Waals surface area contributed by atoms with Crippen LogP contribution in [0, 0.1) is 30.1 Å². The van der Waals surface area contributed by atoms with E-state index < -0.39 is 0 Å². The van der Waals surface area contributed by atoms with Gasteiger partial charge in [0.1, 0.15) is 11.5 Å². The third-order valence-electron chi connectivity index (χ3n) is 8.16. The van der Waals surface area contributed by atoms with Crippen molar-refractivity contribution in [1.29, 1.82) is 0 Å². The first-order valence-corrected chi connectivity index (χ1v) is 13.2. The highest BCUT2D eigenvalue weighted by atomic mass is 32.1. The van der Waals surface area contributed by atoms with Crippen LogP contribution in [0.15, 0.2) is 24.4 Å². The number of aromatic hydroxyl groups is 1. The Balaban J connectivity index is 0.00000126. The molecule has 2 fully saturated rings. The fourth-order valence-corrected chi connectivity index (χ4v) is 7.48. The van der Waals surface area contributed by atoms with Crippen LogP contribution >= 0.6 is 11.3 Å². The third kappa shape index (κ3) is 4.46. The van der Waals surface area contributed by atoms with Crippen LogP contribution in [-0.4, -0.2) is 21.8 Å². The molecule has 1 amide bonds. The van der Waals surface area contributed by atoms with E-state index in [9.17, 15) is 14.7 Å². The molecule has 5 rings (SSSR count). The standard InChI is InChI=1S/C25H30N2O3S.C2H6/c1-14-13-26-24(31-14)27-22(30)8-4-16-12-21(29)25(2)10-9-19-18-7-5-17(28)11-15(18)3-6-20(19)23(16)25;1-2/h5,7,11,13,16,19-20,23,28H,3-4,6,8-10,12H2,1-2H3,(H,26,27,30);1-2H3/t16?,19-,20?,23+,25?;/m1./s1. The first-order chi connectivity index (χ1) is 15.8. The molecule has 0 aliphatic heterocycles. The lowest BCUT2D eigenvalue weighted by Crippen LogP contribution is -2.44. The number of aromatic nitrogens is 1. The van der Waals surface area contributed by atoms with Gasteiger partial charge in [0.05, 0.1) is 0 Å². The molecule has 1 aromatic heterocycles. The number of fused-ring (bicyclic) bond motifs is 5. The third-order valence-corrected chi connectivity index (χ3v) is 8.99. The molecule has 0 saturated heterocycles. The molecule has 33 heavy (non-hydrogen) atoms. The molecule has 0 radical (unpaired) electrons. The van der Waals surface area contributed by atoms with E-state index in [-0.39, 0.29) is 17.2 Å². The number of hydrogen-bond acceptors (Lipinski definition) is 5. The van der Waals surface area contributed by atoms with E-state index in [0.29, 0.717) is 47.3 Å². The summed E-state index contributed by atoms with van der Waals surface area (Å²) in [7, 11) is 0. The molecular formula is C27H36N2O3S. The average Bonchev–Trinajstić information content (AvgIpc) is 3.32. The number of amides is 1. The van der Waals surface area contributed by atoms with Crippen molar-refractivity contribution in [2.75, 3.05) is 5.32 Å². The van der Waals surface area contributed by atoms with Gasteiger partial charge in [-0.15, -0.1) is 11.3 Å². The number of carbonyl (C=O) groups is 2. The van der Waals surface area contributed by atoms with Crippen LogP contribution in [0.5, 0.6) is 5.75 Å². The van der Waals surface area contributed by atoms with E-state index in [1.165, 1.54) is 22.5 Å². The predicted molar refractivity (Wildman–Crippen MR) is 133 cm³/mol. The van der Waals surface area contributed by atoms with Crippen LogP contribution in [0.1, 0.15) is 81.2 Å². The Morgan fingerprint density at radius 2 is 2.09 bits per heavy atom. The number of Topliss-reactive ketones (excluding diaryl/α,β-unsaturated/α-hetero) is 1. The van der Waals surface area contributed by atoms with E-state index >= 15 is 0 Å². The summed E-state index contributed by atoms with van der Waals surface area (Å²) in [6.07, 6.45) is 7.56. The number of anilines is 1. The van der Waals surface area contributed by atoms with Gasteiger partial charge in [0, 0.05) is 29.3 Å². The summed E-state index contributed by atoms with van der Waals surface area (Å²) in [5, 5.41) is 13.5. The Kier molecular flexibility index (Phi) is 6.94. The summed E-state index contributed by atoms with van der Waals surface area (Å²) in [6.45, 7) is 8.16. The highest BCUT2D eigenvalue weighted by molar-refractivity contribution is 7.15. The van der Waals surface area contributed by atoms with Gasteiger partial charge >= 0.3 is 0 Å². The molecule has 2 aromatic rings. The first kappa shape index (κ1) is 23.9. The van der Waals surface area contributed by atoms with Gasteiger partial charge < -0.3 is 10.4 Å². The fourth-order valence-electron chi connectivity index (χ4n) is 6.80. The van der Waals surface area contributed by atoms with E-state index in [0.717, 1.165) is 37.0 Å². The zero-order valence-corrected chi connectivity index (χ0v) is 21.0. The van der Waals surface area contributed by atoms with Crippen LogP contribution in [0.25, 0.3) is 0 Å². The number of rotatable bonds is 4. The molecule has 3 aliphatic carbocycles. The largest absolute Gasteiger partial charge is 0.508 e. The van der Waals surface area contributed by atoms with Gasteiger partial charge in [-0.2, -0.15) is 0 Å². The van der Waals surface area contributed by atoms with Gasteiger partial charge in [-0.25, -0.2) is 4.98 Å². The number of thiazole rings is 1. The molecule has 1 heterocycles. The Labute approximate surface area is 201 Å². The number of hydrogen-bond donors (Lipinski definition) is 2. The second-order valence-electron chi connectivity index (χ2n) is 9.92. The van der Waals surface area contributed by atoms with Crippen LogP contribution in [0.4, 0.5) is 5.13 Å². The average molecular weight is 469 g/mol. The molecule has 3 aliphatic rings. The maximum Gasteiger partial charge on any atom is 0.226 e. The summed E-state index contributed by atoms with van der Waals surface area (Å²) >= 11 is 1.49. The molecular weight excluding hydrogens is 432 g/mol. The lowest BCUT2D eigenvalue weighted by atomic mass is 9.54. The van der Waals surface area contributed by atoms with Crippen molar-refractivity contribution < 1.29 is 14.7 Å². The molecule has 178 valence electrons. The number of aryl methyl sites for hydroxylation is 2. The monoisotopic (exact) mass is 468 g/mol. The van der Waals surface area contributed by atoms with Gasteiger partial charge in [-0.05, 0) is 86.0 Å². The van der Waals surface area contributed by atoms with Gasteiger partial charge in [-0.1, -0.05) is 26.8 Å². The van der Waals surface area contributed by atoms with Crippen LogP contribution in [0.3, 0.4) is 0 Å². The second kappa shape index (κ2) is 9.57. The maximum absolute atomic E-state index is 13.1. The summed E-state index contributed by atoms with van der Waals surface area (Å²) in [5.41, 5.74) is 2.39. The van der Waals surface area contributed by atoms with Gasteiger partial charge in [0.2, 0.25) is 5.91 Å². The lowest BCUT2D eigenvalue weighted by molar-refractivity contribution is -0.129. The van der Waals surface area contributed by atoms with E-state index in [2.05, 4.69) is 23.3 Å². The molecule has 5 nitrogen and oxygen atoms in total. The summed E-state index contributed by atoms with van der Waals surface area (Å²) in [4.78, 5) is 30.9. The van der Waals surface area contributed by atoms with Gasteiger partial charge in [-0.3, -0.25) is 9.59 Å². The Morgan fingerprint density at radius 3 is 2.82 bits per heavy atom. The van der Waals surface area contributed by atoms with Gasteiger partial charge in [0.25, 0.3) is 0 Å². The number of nitrogens with one attached hydrogen (secondary N) is 1. The molecule has 2 N–H and O–H groups in total. The van der Waals surface area contributed by atoms with Crippen molar-refractivity contribution in [3.63, 3.8) is 0 Å². The molecule has 5 atom stereocenters. The number of nitrogens with zero attached hydrogens (tertiary/aromatic N) is 1. The Hall–Kier alpha value is -2.21. The molecule has 3 unspecified atom stereocenters. The summed E-state index contributed by atoms with van der Waals surface area (Å²) in [5.74, 6) is 2.29. The highest BCUT2D eigenvalue weighted by Crippen LogP contribution is 2.62. The molecule has 6 heteroatoms. The first-order valence-electron chi connectivity index (χ1n) is 12.4. The van der Waals surface area contributed by atoms with Crippen molar-refractivity contribution in [2.24, 2.45) is 23.2 Å². The van der Waals surface area contributed by atoms with Crippen LogP contribution in [-0.2, 0) is 16.0 Å². The number of phenolic OH excluding ortho intramolecular Hbond substituents is 1. The molecule has 0 bridgehead atoms. The number of ketones is 1. The van der Waals surface area contributed by atoms with Gasteiger partial charge in [0.15, 0.2) is 5.13 Å². The predicted octanol–water partition coefficient (Wildman–Crippen LogP) is 6.25. The van der Waals surface area contributed by atoms with E-state index in [1.807, 2.05) is 26.8 Å². The molecule has 0 spiro atoms. The molecule has 1 aromatic carbocycles. The van der Waals surface area contributed by atoms with Crippen molar-refractivity contribution in [3.8, 4) is 5.75 Å². The SMILES string of the molecule is CC.Cc1cnc(NC(=O)CCC2CC(=O)C3(C)CC[C@@H]4c5ccc(O)cc5CCC4[C@H]23)s1. The second-order valence-corrected chi connectivity index (χ2v) is 11.2. The quantitative estimate of drug-likeness (QED) is 0.555. The fraction of sp³-hybridized carbons (Fsp3) is 0.593. The number of carbonyl (C=O) groups excluding carboxylic acids is 2. The van der Waals surface area contributed by atoms with E-state index in [4.69, 9.17) is 0 Å². The Morgan fingerprint density at radius 1 is 1.30 bits per heavy atom. The van der Waals surface area contributed by atoms with Crippen molar-refractivity contribution in [2.45, 2.75) is 78.6 Å². The minimum Gasteiger partial charge on any atom is -0.508 e. The maximum atomic E-state index is 13.1. The van der Waals surface area contributed by atoms with Crippen molar-refractivity contribution in [1.82, 2.24) is 4.98 Å². The lowest BCUT2D eigenvalue weighted by Gasteiger charge is -2.50. The van der Waals surface area contributed by atoms with Crippen molar-refractivity contribution in [3.05, 3.63) is 40.4 Å². The molecule has 2 saturated carbocycles. The Bertz CT molecular complexity index is 1030. The number of benzene rings is 1. The van der Waals surface area contributed by atoms with Crippen LogP contribution in [0.2, 0.25) is 0 Å². The summed E-state index contributed by atoms with van der Waals surface area (Å²) in [6, 6.07) is 5.82. The zero-order chi connectivity index (χ0) is 23.8. The van der Waals surface area contributed by atoms with E-state index in [1.54, 1.807) is 12.3 Å². The van der Waals surface area contributed by atoms with Crippen molar-refractivity contribution >= 4 is 28.2 Å².